The summed E-state index contributed by atoms with van der Waals surface area (Å²) in [5.74, 6) is -0.187. The highest BCUT2D eigenvalue weighted by Gasteiger charge is 2.28. The number of hydrogen-bond acceptors (Lipinski definition) is 4. The predicted molar refractivity (Wildman–Crippen MR) is 82.6 cm³/mol. The molecule has 0 spiro atoms. The topological polar surface area (TPSA) is 64.6 Å². The van der Waals surface area contributed by atoms with E-state index in [-0.39, 0.29) is 0 Å². The normalized spacial score (nSPS) is 15.2. The molecule has 0 saturated carbocycles. The molecule has 0 bridgehead atoms. The zero-order chi connectivity index (χ0) is 15.5. The predicted octanol–water partition coefficient (Wildman–Crippen LogP) is 3.72. The minimum absolute atomic E-state index is 0.385. The van der Waals surface area contributed by atoms with Crippen LogP contribution in [0.4, 0.5) is 0 Å². The molecule has 0 heterocycles. The Morgan fingerprint density at radius 1 is 1.24 bits per heavy atom. The summed E-state index contributed by atoms with van der Waals surface area (Å²) in [4.78, 5) is 11.3. The highest BCUT2D eigenvalue weighted by molar-refractivity contribution is 7.84. The van der Waals surface area contributed by atoms with E-state index in [9.17, 15) is 9.36 Å². The summed E-state index contributed by atoms with van der Waals surface area (Å²) in [6.45, 7) is -2.23. The monoisotopic (exact) mass is 327 g/mol. The molecule has 0 saturated heterocycles. The highest BCUT2D eigenvalue weighted by Crippen LogP contribution is 2.49. The van der Waals surface area contributed by atoms with Crippen LogP contribution in [0.2, 0.25) is 0 Å². The maximum Gasteiger partial charge on any atom is 0.409 e. The molecule has 0 fully saturated rings. The summed E-state index contributed by atoms with van der Waals surface area (Å²) in [5, 5.41) is 4.17. The number of methoxy groups -OCH3 is 1. The van der Waals surface area contributed by atoms with Crippen LogP contribution in [0.5, 0.6) is 5.75 Å². The summed E-state index contributed by atoms with van der Waals surface area (Å²) in [5.41, 5.74) is 0. The number of nitrogens with one attached hydrogen (secondary N) is 1. The lowest BCUT2D eigenvalue weighted by Crippen LogP contribution is -2.32. The molecular formula is C14H15ClNO4P. The van der Waals surface area contributed by atoms with Gasteiger partial charge in [0, 0.05) is 16.6 Å². The van der Waals surface area contributed by atoms with Crippen LogP contribution in [-0.2, 0) is 14.1 Å². The van der Waals surface area contributed by atoms with Crippen LogP contribution in [0.1, 0.15) is 6.92 Å². The molecule has 2 aromatic carbocycles. The Labute approximate surface area is 127 Å². The Hall–Kier alpha value is -1.55. The van der Waals surface area contributed by atoms with E-state index < -0.39 is 18.9 Å². The fourth-order valence-electron chi connectivity index (χ4n) is 1.89. The van der Waals surface area contributed by atoms with Gasteiger partial charge in [-0.25, -0.2) is 9.65 Å². The first kappa shape index (κ1) is 15.8. The third kappa shape index (κ3) is 3.97. The summed E-state index contributed by atoms with van der Waals surface area (Å²) < 4.78 is 22.2. The molecule has 0 amide bonds. The number of esters is 1. The van der Waals surface area contributed by atoms with Crippen LogP contribution in [0.15, 0.2) is 42.5 Å². The Bertz CT molecular complexity index is 701. The third-order valence-corrected chi connectivity index (χ3v) is 4.50. The van der Waals surface area contributed by atoms with Crippen molar-refractivity contribution in [3.05, 3.63) is 42.5 Å². The standard InChI is InChI=1S/C14H15ClNO4P/c1-10(14(17)19-2)16-21(15,18)20-13-9-5-7-11-6-3-4-8-12(11)13/h3-10H,1-2H3,(H,16,18)/t10-,21?/m0/s1. The molecule has 0 aliphatic heterocycles. The van der Waals surface area contributed by atoms with E-state index in [1.807, 2.05) is 30.3 Å². The molecule has 0 radical (unpaired) electrons. The number of hydrogen-bond donors (Lipinski definition) is 1. The Morgan fingerprint density at radius 3 is 2.62 bits per heavy atom. The molecule has 21 heavy (non-hydrogen) atoms. The number of benzene rings is 2. The second-order valence-electron chi connectivity index (χ2n) is 4.42. The second-order valence-corrected chi connectivity index (χ2v) is 7.16. The lowest BCUT2D eigenvalue weighted by atomic mass is 10.1. The molecular weight excluding hydrogens is 313 g/mol. The third-order valence-electron chi connectivity index (χ3n) is 2.87. The van der Waals surface area contributed by atoms with Crippen molar-refractivity contribution in [2.75, 3.05) is 7.11 Å². The molecule has 0 aliphatic carbocycles. The number of ether oxygens (including phenoxy) is 1. The summed E-state index contributed by atoms with van der Waals surface area (Å²) in [7, 11) is 1.24. The van der Waals surface area contributed by atoms with E-state index in [1.165, 1.54) is 14.0 Å². The molecule has 5 nitrogen and oxygen atoms in total. The average Bonchev–Trinajstić information content (AvgIpc) is 2.46. The maximum absolute atomic E-state index is 12.3. The smallest absolute Gasteiger partial charge is 0.409 e. The van der Waals surface area contributed by atoms with Gasteiger partial charge in [-0.1, -0.05) is 36.4 Å². The van der Waals surface area contributed by atoms with Crippen LogP contribution < -0.4 is 9.61 Å². The molecule has 0 aromatic heterocycles. The maximum atomic E-state index is 12.3. The van der Waals surface area contributed by atoms with Crippen LogP contribution in [0.3, 0.4) is 0 Å². The summed E-state index contributed by atoms with van der Waals surface area (Å²) in [6, 6.07) is 12.0. The molecule has 2 rings (SSSR count). The van der Waals surface area contributed by atoms with Gasteiger partial charge in [0.2, 0.25) is 0 Å². The van der Waals surface area contributed by atoms with Crippen LogP contribution in [0.25, 0.3) is 10.8 Å². The molecule has 7 heteroatoms. The second kappa shape index (κ2) is 6.48. The lowest BCUT2D eigenvalue weighted by molar-refractivity contribution is -0.142. The summed E-state index contributed by atoms with van der Waals surface area (Å²) >= 11 is 5.88. The Kier molecular flexibility index (Phi) is 4.88. The SMILES string of the molecule is COC(=O)[C@H](C)NP(=O)(Cl)Oc1cccc2ccccc12. The van der Waals surface area contributed by atoms with Crippen molar-refractivity contribution >= 4 is 34.9 Å². The first-order valence-electron chi connectivity index (χ1n) is 6.25. The van der Waals surface area contributed by atoms with Crippen LogP contribution >= 0.6 is 18.1 Å². The van der Waals surface area contributed by atoms with Gasteiger partial charge in [-0.3, -0.25) is 4.79 Å². The Balaban J connectivity index is 2.23. The van der Waals surface area contributed by atoms with Crippen molar-refractivity contribution in [2.24, 2.45) is 0 Å². The van der Waals surface area contributed by atoms with Crippen LogP contribution in [0, 0.1) is 0 Å². The van der Waals surface area contributed by atoms with Gasteiger partial charge >= 0.3 is 12.8 Å². The number of carbonyl (C=O) groups excluding carboxylic acids is 1. The number of fused-ring (bicyclic) bond motifs is 1. The van der Waals surface area contributed by atoms with E-state index >= 15 is 0 Å². The van der Waals surface area contributed by atoms with Crippen molar-refractivity contribution in [2.45, 2.75) is 13.0 Å². The zero-order valence-corrected chi connectivity index (χ0v) is 13.2. The minimum Gasteiger partial charge on any atom is -0.468 e. The Morgan fingerprint density at radius 2 is 1.90 bits per heavy atom. The van der Waals surface area contributed by atoms with Gasteiger partial charge in [-0.2, -0.15) is 0 Å². The van der Waals surface area contributed by atoms with E-state index in [0.29, 0.717) is 5.75 Å². The summed E-state index contributed by atoms with van der Waals surface area (Å²) in [6.07, 6.45) is 0. The van der Waals surface area contributed by atoms with Crippen molar-refractivity contribution in [3.8, 4) is 5.75 Å². The first-order valence-corrected chi connectivity index (χ1v) is 8.78. The number of rotatable bonds is 5. The fourth-order valence-corrected chi connectivity index (χ4v) is 3.58. The molecule has 1 unspecified atom stereocenters. The van der Waals surface area contributed by atoms with Gasteiger partial charge < -0.3 is 9.26 Å². The first-order chi connectivity index (χ1) is 9.93. The number of carbonyl (C=O) groups is 1. The van der Waals surface area contributed by atoms with Gasteiger partial charge in [0.25, 0.3) is 0 Å². The van der Waals surface area contributed by atoms with Gasteiger partial charge in [-0.05, 0) is 18.4 Å². The minimum atomic E-state index is -3.72. The van der Waals surface area contributed by atoms with Crippen molar-refractivity contribution in [1.82, 2.24) is 5.09 Å². The van der Waals surface area contributed by atoms with Crippen molar-refractivity contribution in [3.63, 3.8) is 0 Å². The largest absolute Gasteiger partial charge is 0.468 e. The van der Waals surface area contributed by atoms with E-state index in [4.69, 9.17) is 15.8 Å². The van der Waals surface area contributed by atoms with Gasteiger partial charge in [0.15, 0.2) is 0 Å². The van der Waals surface area contributed by atoms with Crippen LogP contribution in [-0.4, -0.2) is 19.1 Å². The zero-order valence-electron chi connectivity index (χ0n) is 11.6. The van der Waals surface area contributed by atoms with E-state index in [0.717, 1.165) is 10.8 Å². The lowest BCUT2D eigenvalue weighted by Gasteiger charge is -2.18. The average molecular weight is 328 g/mol. The van der Waals surface area contributed by atoms with Gasteiger partial charge in [-0.15, -0.1) is 0 Å². The van der Waals surface area contributed by atoms with Crippen molar-refractivity contribution < 1.29 is 18.6 Å². The van der Waals surface area contributed by atoms with E-state index in [1.54, 1.807) is 12.1 Å². The molecule has 112 valence electrons. The molecule has 1 N–H and O–H groups in total. The number of halogens is 1. The fraction of sp³-hybridized carbons (Fsp3) is 0.214. The molecule has 2 atom stereocenters. The highest BCUT2D eigenvalue weighted by atomic mass is 35.7. The quantitative estimate of drug-likeness (QED) is 0.670. The van der Waals surface area contributed by atoms with Crippen molar-refractivity contribution in [1.29, 1.82) is 0 Å². The molecule has 0 aliphatic rings. The molecule has 2 aromatic rings. The van der Waals surface area contributed by atoms with Gasteiger partial charge in [0.1, 0.15) is 11.8 Å². The van der Waals surface area contributed by atoms with E-state index in [2.05, 4.69) is 9.82 Å². The van der Waals surface area contributed by atoms with Gasteiger partial charge in [0.05, 0.1) is 7.11 Å².